The van der Waals surface area contributed by atoms with Gasteiger partial charge in [0.1, 0.15) is 0 Å². The largest absolute Gasteiger partial charge is 0.472 e. The molecule has 0 aliphatic carbocycles. The minimum absolute atomic E-state index is 0.170. The van der Waals surface area contributed by atoms with Gasteiger partial charge in [0.25, 0.3) is 0 Å². The third-order valence-electron chi connectivity index (χ3n) is 0.681. The molecule has 0 aromatic rings. The second kappa shape index (κ2) is 3.68. The highest BCUT2D eigenvalue weighted by Gasteiger charge is 2.27. The van der Waals surface area contributed by atoms with E-state index in [1.807, 2.05) is 0 Å². The van der Waals surface area contributed by atoms with Crippen LogP contribution in [0, 0.1) is 0 Å². The van der Waals surface area contributed by atoms with Gasteiger partial charge < -0.3 is 4.89 Å². The van der Waals surface area contributed by atoms with E-state index in [1.54, 1.807) is 27.7 Å². The van der Waals surface area contributed by atoms with E-state index in [1.165, 1.54) is 0 Å². The fourth-order valence-corrected chi connectivity index (χ4v) is 1.61. The van der Waals surface area contributed by atoms with Crippen molar-refractivity contribution in [2.24, 2.45) is 0 Å². The fraction of sp³-hybridized carbons (Fsp3) is 1.00. The minimum atomic E-state index is -3.81. The first-order valence-corrected chi connectivity index (χ1v) is 4.94. The predicted molar refractivity (Wildman–Crippen MR) is 42.3 cm³/mol. The third kappa shape index (κ3) is 6.51. The second-order valence-electron chi connectivity index (χ2n) is 3.09. The fourth-order valence-electron chi connectivity index (χ4n) is 0.536. The van der Waals surface area contributed by atoms with Gasteiger partial charge >= 0.3 is 7.82 Å². The zero-order valence-electron chi connectivity index (χ0n) is 7.33. The molecular formula is C6H15O4P. The molecule has 68 valence electrons. The number of rotatable bonds is 3. The average molecular weight is 182 g/mol. The van der Waals surface area contributed by atoms with Crippen molar-refractivity contribution in [3.05, 3.63) is 0 Å². The third-order valence-corrected chi connectivity index (χ3v) is 2.04. The van der Waals surface area contributed by atoms with Crippen molar-refractivity contribution in [2.45, 2.75) is 33.3 Å². The Hall–Kier alpha value is 0.110. The maximum Gasteiger partial charge on any atom is 0.472 e. The van der Waals surface area contributed by atoms with Crippen molar-refractivity contribution in [3.63, 3.8) is 0 Å². The molecule has 0 radical (unpaired) electrons. The first kappa shape index (κ1) is 11.1. The van der Waals surface area contributed by atoms with Gasteiger partial charge in [0.05, 0.1) is 12.2 Å². The van der Waals surface area contributed by atoms with Crippen molar-refractivity contribution in [1.82, 2.24) is 0 Å². The van der Waals surface area contributed by atoms with Gasteiger partial charge in [-0.2, -0.15) is 0 Å². The molecule has 4 nitrogen and oxygen atoms in total. The molecular weight excluding hydrogens is 167 g/mol. The van der Waals surface area contributed by atoms with Gasteiger partial charge in [-0.15, -0.1) is 0 Å². The topological polar surface area (TPSA) is 55.8 Å². The van der Waals surface area contributed by atoms with Gasteiger partial charge in [0.2, 0.25) is 0 Å². The summed E-state index contributed by atoms with van der Waals surface area (Å²) in [4.78, 5) is 8.96. The molecule has 11 heavy (non-hydrogen) atoms. The Kier molecular flexibility index (Phi) is 3.71. The predicted octanol–water partition coefficient (Wildman–Crippen LogP) is 1.94. The Morgan fingerprint density at radius 3 is 2.18 bits per heavy atom. The Labute approximate surface area is 67.1 Å². The Morgan fingerprint density at radius 2 is 1.91 bits per heavy atom. The van der Waals surface area contributed by atoms with Crippen LogP contribution in [-0.4, -0.2) is 17.1 Å². The summed E-state index contributed by atoms with van der Waals surface area (Å²) >= 11 is 0. The van der Waals surface area contributed by atoms with Crippen LogP contribution in [0.5, 0.6) is 0 Å². The number of hydrogen-bond donors (Lipinski definition) is 1. The van der Waals surface area contributed by atoms with Crippen molar-refractivity contribution in [1.29, 1.82) is 0 Å². The molecule has 1 N–H and O–H groups in total. The summed E-state index contributed by atoms with van der Waals surface area (Å²) in [6.45, 7) is 6.87. The van der Waals surface area contributed by atoms with Crippen LogP contribution in [0.2, 0.25) is 0 Å². The highest BCUT2D eigenvalue weighted by Crippen LogP contribution is 2.46. The van der Waals surface area contributed by atoms with Crippen LogP contribution < -0.4 is 0 Å². The van der Waals surface area contributed by atoms with E-state index in [0.717, 1.165) is 0 Å². The monoisotopic (exact) mass is 182 g/mol. The van der Waals surface area contributed by atoms with E-state index in [4.69, 9.17) is 9.42 Å². The van der Waals surface area contributed by atoms with E-state index in [9.17, 15) is 4.57 Å². The molecule has 0 bridgehead atoms. The van der Waals surface area contributed by atoms with E-state index in [2.05, 4.69) is 4.52 Å². The van der Waals surface area contributed by atoms with Crippen LogP contribution in [0.1, 0.15) is 27.7 Å². The molecule has 1 atom stereocenters. The lowest BCUT2D eigenvalue weighted by Gasteiger charge is -2.21. The molecule has 0 fully saturated rings. The molecule has 0 saturated heterocycles. The summed E-state index contributed by atoms with van der Waals surface area (Å²) in [5.41, 5.74) is -0.653. The first-order chi connectivity index (χ1) is 4.77. The maximum atomic E-state index is 10.9. The molecule has 0 rings (SSSR count). The summed E-state index contributed by atoms with van der Waals surface area (Å²) in [6.07, 6.45) is 0. The number of hydrogen-bond acceptors (Lipinski definition) is 3. The number of phosphoric ester groups is 1. The van der Waals surface area contributed by atoms with E-state index in [0.29, 0.717) is 0 Å². The van der Waals surface area contributed by atoms with Crippen molar-refractivity contribution < 1.29 is 18.5 Å². The van der Waals surface area contributed by atoms with E-state index < -0.39 is 13.4 Å². The lowest BCUT2D eigenvalue weighted by atomic mass is 10.2. The SMILES string of the molecule is CCOP(=O)(O)OC(C)(C)C. The molecule has 0 aromatic heterocycles. The smallest absolute Gasteiger partial charge is 0.302 e. The Morgan fingerprint density at radius 1 is 1.45 bits per heavy atom. The van der Waals surface area contributed by atoms with Gasteiger partial charge in [-0.05, 0) is 27.7 Å². The normalized spacial score (nSPS) is 17.9. The molecule has 1 unspecified atom stereocenters. The van der Waals surface area contributed by atoms with Crippen molar-refractivity contribution in [3.8, 4) is 0 Å². The van der Waals surface area contributed by atoms with Crippen LogP contribution in [0.4, 0.5) is 0 Å². The van der Waals surface area contributed by atoms with Crippen LogP contribution in [0.3, 0.4) is 0 Å². The van der Waals surface area contributed by atoms with Gasteiger partial charge in [-0.1, -0.05) is 0 Å². The highest BCUT2D eigenvalue weighted by molar-refractivity contribution is 7.47. The summed E-state index contributed by atoms with van der Waals surface area (Å²) in [7, 11) is -3.81. The Bertz CT molecular complexity index is 160. The van der Waals surface area contributed by atoms with Crippen LogP contribution in [-0.2, 0) is 13.6 Å². The van der Waals surface area contributed by atoms with Crippen LogP contribution in [0.15, 0.2) is 0 Å². The molecule has 0 aliphatic heterocycles. The first-order valence-electron chi connectivity index (χ1n) is 3.45. The molecule has 0 heterocycles. The van der Waals surface area contributed by atoms with Crippen molar-refractivity contribution in [2.75, 3.05) is 6.61 Å². The van der Waals surface area contributed by atoms with Gasteiger partial charge in [-0.25, -0.2) is 4.57 Å². The molecule has 0 aromatic carbocycles. The molecule has 0 amide bonds. The summed E-state index contributed by atoms with van der Waals surface area (Å²) in [5.74, 6) is 0. The molecule has 0 spiro atoms. The van der Waals surface area contributed by atoms with Gasteiger partial charge in [0, 0.05) is 0 Å². The summed E-state index contributed by atoms with van der Waals surface area (Å²) in [6, 6.07) is 0. The van der Waals surface area contributed by atoms with Crippen LogP contribution >= 0.6 is 7.82 Å². The van der Waals surface area contributed by atoms with E-state index >= 15 is 0 Å². The minimum Gasteiger partial charge on any atom is -0.302 e. The van der Waals surface area contributed by atoms with Gasteiger partial charge in [-0.3, -0.25) is 9.05 Å². The lowest BCUT2D eigenvalue weighted by Crippen LogP contribution is -2.17. The molecule has 5 heteroatoms. The standard InChI is InChI=1S/C6H15O4P/c1-5-9-11(7,8)10-6(2,3)4/h5H2,1-4H3,(H,7,8). The van der Waals surface area contributed by atoms with Crippen molar-refractivity contribution >= 4 is 7.82 Å². The number of phosphoric acid groups is 1. The second-order valence-corrected chi connectivity index (χ2v) is 4.47. The van der Waals surface area contributed by atoms with Crippen LogP contribution in [0.25, 0.3) is 0 Å². The quantitative estimate of drug-likeness (QED) is 0.677. The van der Waals surface area contributed by atoms with Gasteiger partial charge in [0.15, 0.2) is 0 Å². The maximum absolute atomic E-state index is 10.9. The zero-order valence-corrected chi connectivity index (χ0v) is 8.22. The highest BCUT2D eigenvalue weighted by atomic mass is 31.2. The summed E-state index contributed by atoms with van der Waals surface area (Å²) in [5, 5.41) is 0. The zero-order chi connectivity index (χ0) is 9.12. The lowest BCUT2D eigenvalue weighted by molar-refractivity contribution is 0.0640. The average Bonchev–Trinajstić information content (AvgIpc) is 1.55. The summed E-state index contributed by atoms with van der Waals surface area (Å²) < 4.78 is 20.2. The van der Waals surface area contributed by atoms with E-state index in [-0.39, 0.29) is 6.61 Å². The Balaban J connectivity index is 4.03. The molecule has 0 saturated carbocycles. The molecule has 0 aliphatic rings.